The Morgan fingerprint density at radius 2 is 1.88 bits per heavy atom. The minimum atomic E-state index is -4.70. The molecule has 0 aliphatic rings. The molecule has 24 heavy (non-hydrogen) atoms. The van der Waals surface area contributed by atoms with Crippen LogP contribution in [-0.2, 0) is 6.18 Å². The Bertz CT molecular complexity index is 709. The summed E-state index contributed by atoms with van der Waals surface area (Å²) >= 11 is 0. The fourth-order valence-electron chi connectivity index (χ4n) is 1.95. The minimum Gasteiger partial charge on any atom is -0.396 e. The molecule has 1 amide bonds. The summed E-state index contributed by atoms with van der Waals surface area (Å²) in [6.07, 6.45) is -4.32. The molecule has 1 aromatic carbocycles. The molecule has 6 nitrogen and oxygen atoms in total. The summed E-state index contributed by atoms with van der Waals surface area (Å²) in [5.41, 5.74) is 0.0319. The van der Waals surface area contributed by atoms with Gasteiger partial charge in [0.05, 0.1) is 0 Å². The number of benzene rings is 1. The topological polar surface area (TPSA) is 88.2 Å². The molecule has 0 saturated heterocycles. The largest absolute Gasteiger partial charge is 0.471 e. The number of nitrogens with one attached hydrogen (secondary N) is 1. The van der Waals surface area contributed by atoms with Gasteiger partial charge >= 0.3 is 12.1 Å². The number of aliphatic hydroxyl groups is 1. The second-order valence-electron chi connectivity index (χ2n) is 5.81. The van der Waals surface area contributed by atoms with Gasteiger partial charge in [0.1, 0.15) is 0 Å². The molecule has 0 atom stereocenters. The van der Waals surface area contributed by atoms with Crippen LogP contribution in [0.5, 0.6) is 0 Å². The monoisotopic (exact) mass is 343 g/mol. The maximum absolute atomic E-state index is 12.4. The predicted octanol–water partition coefficient (Wildman–Crippen LogP) is 2.65. The maximum atomic E-state index is 12.4. The van der Waals surface area contributed by atoms with Crippen molar-refractivity contribution in [1.29, 1.82) is 0 Å². The lowest BCUT2D eigenvalue weighted by Crippen LogP contribution is -2.44. The number of carbonyl (C=O) groups excluding carboxylic acids is 1. The van der Waals surface area contributed by atoms with Crippen LogP contribution in [-0.4, -0.2) is 33.3 Å². The number of alkyl halides is 3. The smallest absolute Gasteiger partial charge is 0.396 e. The van der Waals surface area contributed by atoms with E-state index < -0.39 is 17.6 Å². The van der Waals surface area contributed by atoms with Crippen LogP contribution in [0.2, 0.25) is 0 Å². The van der Waals surface area contributed by atoms with E-state index in [0.29, 0.717) is 17.5 Å². The Kier molecular flexibility index (Phi) is 4.93. The third kappa shape index (κ3) is 4.31. The van der Waals surface area contributed by atoms with Gasteiger partial charge in [0, 0.05) is 23.3 Å². The van der Waals surface area contributed by atoms with Crippen LogP contribution < -0.4 is 5.32 Å². The molecule has 0 bridgehead atoms. The summed E-state index contributed by atoms with van der Waals surface area (Å²) in [6, 6.07) is 5.75. The molecule has 0 fully saturated rings. The van der Waals surface area contributed by atoms with E-state index in [4.69, 9.17) is 5.11 Å². The van der Waals surface area contributed by atoms with Gasteiger partial charge in [0.25, 0.3) is 5.91 Å². The summed E-state index contributed by atoms with van der Waals surface area (Å²) in [5, 5.41) is 15.0. The molecule has 9 heteroatoms. The van der Waals surface area contributed by atoms with Crippen molar-refractivity contribution in [3.8, 4) is 11.4 Å². The third-order valence-electron chi connectivity index (χ3n) is 3.26. The van der Waals surface area contributed by atoms with Crippen molar-refractivity contribution >= 4 is 5.91 Å². The molecule has 0 spiro atoms. The number of halogens is 3. The van der Waals surface area contributed by atoms with E-state index in [-0.39, 0.29) is 18.3 Å². The first-order chi connectivity index (χ1) is 11.1. The average molecular weight is 343 g/mol. The van der Waals surface area contributed by atoms with Crippen LogP contribution in [0, 0.1) is 0 Å². The van der Waals surface area contributed by atoms with Crippen molar-refractivity contribution < 1.29 is 27.6 Å². The number of aliphatic hydroxyl groups excluding tert-OH is 1. The maximum Gasteiger partial charge on any atom is 0.471 e. The number of nitrogens with zero attached hydrogens (tertiary/aromatic N) is 2. The zero-order chi connectivity index (χ0) is 18.0. The molecule has 2 rings (SSSR count). The van der Waals surface area contributed by atoms with Crippen LogP contribution in [0.25, 0.3) is 11.4 Å². The van der Waals surface area contributed by atoms with E-state index in [1.165, 1.54) is 24.3 Å². The van der Waals surface area contributed by atoms with E-state index in [1.54, 1.807) is 13.8 Å². The first-order valence-corrected chi connectivity index (χ1v) is 7.07. The van der Waals surface area contributed by atoms with Gasteiger partial charge in [-0.2, -0.15) is 18.2 Å². The van der Waals surface area contributed by atoms with Crippen LogP contribution in [0.4, 0.5) is 13.2 Å². The lowest BCUT2D eigenvalue weighted by molar-refractivity contribution is -0.159. The lowest BCUT2D eigenvalue weighted by atomic mass is 10.0. The molecular weight excluding hydrogens is 327 g/mol. The SMILES string of the molecule is CC(C)(CCO)NC(=O)c1ccc(-c2noc(C(F)(F)F)n2)cc1. The van der Waals surface area contributed by atoms with Crippen LogP contribution in [0.3, 0.4) is 0 Å². The van der Waals surface area contributed by atoms with E-state index in [2.05, 4.69) is 20.0 Å². The van der Waals surface area contributed by atoms with Gasteiger partial charge in [0.2, 0.25) is 5.82 Å². The number of aromatic nitrogens is 2. The van der Waals surface area contributed by atoms with Crippen LogP contribution >= 0.6 is 0 Å². The van der Waals surface area contributed by atoms with Crippen LogP contribution in [0.15, 0.2) is 28.8 Å². The third-order valence-corrected chi connectivity index (χ3v) is 3.26. The van der Waals surface area contributed by atoms with Crippen molar-refractivity contribution in [1.82, 2.24) is 15.5 Å². The van der Waals surface area contributed by atoms with Crippen LogP contribution in [0.1, 0.15) is 36.5 Å². The summed E-state index contributed by atoms with van der Waals surface area (Å²) < 4.78 is 41.5. The summed E-state index contributed by atoms with van der Waals surface area (Å²) in [5.74, 6) is -2.00. The highest BCUT2D eigenvalue weighted by molar-refractivity contribution is 5.95. The van der Waals surface area contributed by atoms with Crippen molar-refractivity contribution in [3.05, 3.63) is 35.7 Å². The Labute approximate surface area is 135 Å². The van der Waals surface area contributed by atoms with Gasteiger partial charge in [0.15, 0.2) is 0 Å². The van der Waals surface area contributed by atoms with E-state index in [0.717, 1.165) is 0 Å². The van der Waals surface area contributed by atoms with Gasteiger partial charge in [-0.1, -0.05) is 17.3 Å². The molecule has 2 aromatic rings. The second kappa shape index (κ2) is 6.60. The van der Waals surface area contributed by atoms with Gasteiger partial charge in [-0.15, -0.1) is 0 Å². The zero-order valence-electron chi connectivity index (χ0n) is 13.0. The highest BCUT2D eigenvalue weighted by atomic mass is 19.4. The first-order valence-electron chi connectivity index (χ1n) is 7.07. The fourth-order valence-corrected chi connectivity index (χ4v) is 1.95. The molecule has 1 heterocycles. The molecular formula is C15H16F3N3O3. The van der Waals surface area contributed by atoms with E-state index in [1.807, 2.05) is 0 Å². The molecule has 0 radical (unpaired) electrons. The highest BCUT2D eigenvalue weighted by Gasteiger charge is 2.38. The highest BCUT2D eigenvalue weighted by Crippen LogP contribution is 2.29. The first kappa shape index (κ1) is 17.9. The Morgan fingerprint density at radius 3 is 2.38 bits per heavy atom. The van der Waals surface area contributed by atoms with E-state index in [9.17, 15) is 18.0 Å². The molecule has 2 N–H and O–H groups in total. The van der Waals surface area contributed by atoms with Crippen molar-refractivity contribution in [2.75, 3.05) is 6.61 Å². The Balaban J connectivity index is 2.13. The summed E-state index contributed by atoms with van der Waals surface area (Å²) in [6.45, 7) is 3.48. The lowest BCUT2D eigenvalue weighted by Gasteiger charge is -2.25. The molecule has 0 aliphatic carbocycles. The van der Waals surface area contributed by atoms with Gasteiger partial charge in [-0.3, -0.25) is 4.79 Å². The number of amides is 1. The Morgan fingerprint density at radius 1 is 1.25 bits per heavy atom. The molecule has 0 aliphatic heterocycles. The van der Waals surface area contributed by atoms with Crippen molar-refractivity contribution in [2.24, 2.45) is 0 Å². The Hall–Kier alpha value is -2.42. The summed E-state index contributed by atoms with van der Waals surface area (Å²) in [4.78, 5) is 15.4. The predicted molar refractivity (Wildman–Crippen MR) is 78.0 cm³/mol. The van der Waals surface area contributed by atoms with Gasteiger partial charge in [-0.05, 0) is 32.4 Å². The molecule has 0 saturated carbocycles. The van der Waals surface area contributed by atoms with Crippen molar-refractivity contribution in [3.63, 3.8) is 0 Å². The number of hydrogen-bond acceptors (Lipinski definition) is 5. The fraction of sp³-hybridized carbons (Fsp3) is 0.400. The molecule has 130 valence electrons. The normalized spacial score (nSPS) is 12.2. The molecule has 0 unspecified atom stereocenters. The van der Waals surface area contributed by atoms with Gasteiger partial charge in [-0.25, -0.2) is 0 Å². The standard InChI is InChI=1S/C15H16F3N3O3/c1-14(2,7-8-22)20-12(23)10-5-3-9(4-6-10)11-19-13(24-21-11)15(16,17)18/h3-6,22H,7-8H2,1-2H3,(H,20,23). The number of hydrogen-bond donors (Lipinski definition) is 2. The zero-order valence-corrected chi connectivity index (χ0v) is 13.0. The van der Waals surface area contributed by atoms with Gasteiger partial charge < -0.3 is 14.9 Å². The number of carbonyl (C=O) groups is 1. The minimum absolute atomic E-state index is 0.0639. The quantitative estimate of drug-likeness (QED) is 0.871. The molecule has 1 aromatic heterocycles. The van der Waals surface area contributed by atoms with Crippen molar-refractivity contribution in [2.45, 2.75) is 32.0 Å². The van der Waals surface area contributed by atoms with E-state index >= 15 is 0 Å². The summed E-state index contributed by atoms with van der Waals surface area (Å²) in [7, 11) is 0. The average Bonchev–Trinajstić information content (AvgIpc) is 2.96. The number of rotatable bonds is 5. The second-order valence-corrected chi connectivity index (χ2v) is 5.81.